The normalized spacial score (nSPS) is 11.9. The molecule has 8 heteroatoms. The van der Waals surface area contributed by atoms with E-state index in [1.165, 1.54) is 23.5 Å². The average Bonchev–Trinajstić information content (AvgIpc) is 2.97. The first kappa shape index (κ1) is 19.5. The third kappa shape index (κ3) is 4.94. The molecule has 0 saturated heterocycles. The number of hydrogen-bond acceptors (Lipinski definition) is 4. The molecule has 0 saturated carbocycles. The quantitative estimate of drug-likeness (QED) is 0.554. The Kier molecular flexibility index (Phi) is 6.60. The first-order chi connectivity index (χ1) is 13.1. The Balaban J connectivity index is 1.85. The number of carbonyl (C=O) groups is 1. The second-order valence-corrected chi connectivity index (χ2v) is 7.02. The van der Waals surface area contributed by atoms with Crippen LogP contribution >= 0.6 is 22.9 Å². The van der Waals surface area contributed by atoms with Gasteiger partial charge in [-0.3, -0.25) is 4.79 Å². The zero-order valence-corrected chi connectivity index (χ0v) is 16.2. The summed E-state index contributed by atoms with van der Waals surface area (Å²) in [5.74, 6) is -0.997. The zero-order valence-electron chi connectivity index (χ0n) is 14.7. The summed E-state index contributed by atoms with van der Waals surface area (Å²) in [6.45, 7) is 3.23. The van der Waals surface area contributed by atoms with Gasteiger partial charge in [-0.2, -0.15) is 4.99 Å². The summed E-state index contributed by atoms with van der Waals surface area (Å²) in [7, 11) is 0. The molecule has 1 heterocycles. The minimum Gasteiger partial charge on any atom is -0.481 e. The number of ether oxygens (including phenoxy) is 2. The molecule has 27 heavy (non-hydrogen) atoms. The Bertz CT molecular complexity index is 1020. The molecule has 1 amide bonds. The van der Waals surface area contributed by atoms with Crippen LogP contribution in [0.1, 0.15) is 6.92 Å². The number of para-hydroxylation sites is 1. The lowest BCUT2D eigenvalue weighted by Crippen LogP contribution is -2.21. The molecule has 0 aliphatic carbocycles. The van der Waals surface area contributed by atoms with E-state index in [2.05, 4.69) is 4.99 Å². The highest BCUT2D eigenvalue weighted by molar-refractivity contribution is 7.16. The van der Waals surface area contributed by atoms with Gasteiger partial charge >= 0.3 is 0 Å². The summed E-state index contributed by atoms with van der Waals surface area (Å²) >= 11 is 7.42. The Morgan fingerprint density at radius 3 is 2.89 bits per heavy atom. The lowest BCUT2D eigenvalue weighted by molar-refractivity contribution is -0.120. The molecule has 2 aromatic carbocycles. The predicted octanol–water partition coefficient (Wildman–Crippen LogP) is 4.04. The number of benzene rings is 2. The molecule has 0 N–H and O–H groups in total. The van der Waals surface area contributed by atoms with E-state index in [1.807, 2.05) is 23.6 Å². The largest absolute Gasteiger partial charge is 0.481 e. The summed E-state index contributed by atoms with van der Waals surface area (Å²) < 4.78 is 27.1. The Morgan fingerprint density at radius 1 is 1.30 bits per heavy atom. The smallest absolute Gasteiger partial charge is 0.286 e. The third-order valence-corrected chi connectivity index (χ3v) is 4.99. The van der Waals surface area contributed by atoms with Crippen LogP contribution in [0.25, 0.3) is 10.2 Å². The predicted molar refractivity (Wildman–Crippen MR) is 104 cm³/mol. The van der Waals surface area contributed by atoms with Crippen molar-refractivity contribution in [2.24, 2.45) is 4.99 Å². The molecule has 0 unspecified atom stereocenters. The number of hydrogen-bond donors (Lipinski definition) is 0. The van der Waals surface area contributed by atoms with Gasteiger partial charge in [-0.1, -0.05) is 35.1 Å². The van der Waals surface area contributed by atoms with Crippen LogP contribution in [0.2, 0.25) is 5.02 Å². The average molecular weight is 409 g/mol. The van der Waals surface area contributed by atoms with E-state index in [4.69, 9.17) is 21.1 Å². The van der Waals surface area contributed by atoms with Crippen LogP contribution in [-0.4, -0.2) is 30.3 Å². The molecule has 3 rings (SSSR count). The van der Waals surface area contributed by atoms with Crippen LogP contribution in [0.3, 0.4) is 0 Å². The molecule has 0 aliphatic rings. The number of amides is 1. The molecule has 5 nitrogen and oxygen atoms in total. The minimum atomic E-state index is -0.520. The van der Waals surface area contributed by atoms with Crippen LogP contribution < -0.4 is 9.54 Å². The highest BCUT2D eigenvalue weighted by atomic mass is 35.5. The maximum atomic E-state index is 13.6. The molecule has 142 valence electrons. The van der Waals surface area contributed by atoms with Crippen molar-refractivity contribution in [1.82, 2.24) is 4.57 Å². The minimum absolute atomic E-state index is 0.0217. The van der Waals surface area contributed by atoms with Crippen molar-refractivity contribution >= 4 is 39.1 Å². The summed E-state index contributed by atoms with van der Waals surface area (Å²) in [5, 5.41) is 0.612. The number of thiazole rings is 1. The maximum absolute atomic E-state index is 13.6. The van der Waals surface area contributed by atoms with Crippen LogP contribution in [0.4, 0.5) is 4.39 Å². The van der Waals surface area contributed by atoms with Crippen LogP contribution in [0.5, 0.6) is 5.75 Å². The van der Waals surface area contributed by atoms with Crippen molar-refractivity contribution in [2.45, 2.75) is 13.5 Å². The fourth-order valence-corrected chi connectivity index (χ4v) is 3.84. The SMILES string of the molecule is CCOCCn1c(=NC(=O)COc2ccccc2F)sc2cc(Cl)ccc21. The molecule has 3 aromatic rings. The Hall–Kier alpha value is -2.22. The molecule has 1 aromatic heterocycles. The number of carbonyl (C=O) groups excluding carboxylic acids is 1. The van der Waals surface area contributed by atoms with Crippen molar-refractivity contribution in [3.63, 3.8) is 0 Å². The van der Waals surface area contributed by atoms with E-state index < -0.39 is 11.7 Å². The monoisotopic (exact) mass is 408 g/mol. The number of halogens is 2. The number of aromatic nitrogens is 1. The van der Waals surface area contributed by atoms with Gasteiger partial charge in [0, 0.05) is 18.2 Å². The summed E-state index contributed by atoms with van der Waals surface area (Å²) in [6.07, 6.45) is 0. The van der Waals surface area contributed by atoms with E-state index in [-0.39, 0.29) is 12.4 Å². The van der Waals surface area contributed by atoms with Gasteiger partial charge in [-0.25, -0.2) is 4.39 Å². The van der Waals surface area contributed by atoms with Crippen molar-refractivity contribution in [1.29, 1.82) is 0 Å². The van der Waals surface area contributed by atoms with Gasteiger partial charge in [0.05, 0.1) is 16.8 Å². The van der Waals surface area contributed by atoms with Crippen molar-refractivity contribution in [3.05, 3.63) is 58.1 Å². The topological polar surface area (TPSA) is 52.8 Å². The number of fused-ring (bicyclic) bond motifs is 1. The fraction of sp³-hybridized carbons (Fsp3) is 0.263. The molecule has 0 fully saturated rings. The van der Waals surface area contributed by atoms with Crippen molar-refractivity contribution in [3.8, 4) is 5.75 Å². The van der Waals surface area contributed by atoms with Gasteiger partial charge in [0.15, 0.2) is 23.0 Å². The lowest BCUT2D eigenvalue weighted by atomic mass is 10.3. The summed E-state index contributed by atoms with van der Waals surface area (Å²) in [5.41, 5.74) is 0.922. The Morgan fingerprint density at radius 2 is 2.11 bits per heavy atom. The van der Waals surface area contributed by atoms with Crippen LogP contribution in [-0.2, 0) is 16.1 Å². The van der Waals surface area contributed by atoms with Gasteiger partial charge in [-0.05, 0) is 37.3 Å². The first-order valence-corrected chi connectivity index (χ1v) is 9.59. The molecular formula is C19H18ClFN2O3S. The van der Waals surface area contributed by atoms with Gasteiger partial charge in [-0.15, -0.1) is 0 Å². The van der Waals surface area contributed by atoms with Crippen LogP contribution in [0, 0.1) is 5.82 Å². The van der Waals surface area contributed by atoms with Gasteiger partial charge in [0.2, 0.25) is 0 Å². The molecule has 0 bridgehead atoms. The lowest BCUT2D eigenvalue weighted by Gasteiger charge is -2.06. The van der Waals surface area contributed by atoms with Gasteiger partial charge in [0.25, 0.3) is 5.91 Å². The maximum Gasteiger partial charge on any atom is 0.286 e. The molecule has 0 aliphatic heterocycles. The molecule has 0 atom stereocenters. The second-order valence-electron chi connectivity index (χ2n) is 5.57. The van der Waals surface area contributed by atoms with E-state index >= 15 is 0 Å². The van der Waals surface area contributed by atoms with Crippen LogP contribution in [0.15, 0.2) is 47.5 Å². The fourth-order valence-electron chi connectivity index (χ4n) is 2.49. The van der Waals surface area contributed by atoms with Gasteiger partial charge < -0.3 is 14.0 Å². The molecule has 0 radical (unpaired) electrons. The number of rotatable bonds is 7. The second kappa shape index (κ2) is 9.12. The first-order valence-electron chi connectivity index (χ1n) is 8.40. The zero-order chi connectivity index (χ0) is 19.2. The summed E-state index contributed by atoms with van der Waals surface area (Å²) in [4.78, 5) is 16.9. The molecular weight excluding hydrogens is 391 g/mol. The Labute approximate surface area is 164 Å². The van der Waals surface area contributed by atoms with E-state index in [0.29, 0.717) is 29.6 Å². The molecule has 0 spiro atoms. The van der Waals surface area contributed by atoms with E-state index in [1.54, 1.807) is 18.2 Å². The van der Waals surface area contributed by atoms with Crippen molar-refractivity contribution < 1.29 is 18.7 Å². The third-order valence-electron chi connectivity index (χ3n) is 3.72. The van der Waals surface area contributed by atoms with E-state index in [0.717, 1.165) is 10.2 Å². The standard InChI is InChI=1S/C19H18ClFN2O3S/c1-2-25-10-9-23-15-8-7-13(20)11-17(15)27-19(23)22-18(24)12-26-16-6-4-3-5-14(16)21/h3-8,11H,2,9-10,12H2,1H3. The summed E-state index contributed by atoms with van der Waals surface area (Å²) in [6, 6.07) is 11.4. The van der Waals surface area contributed by atoms with E-state index in [9.17, 15) is 9.18 Å². The number of nitrogens with zero attached hydrogens (tertiary/aromatic N) is 2. The van der Waals surface area contributed by atoms with Crippen molar-refractivity contribution in [2.75, 3.05) is 19.8 Å². The van der Waals surface area contributed by atoms with Gasteiger partial charge in [0.1, 0.15) is 0 Å². The highest BCUT2D eigenvalue weighted by Crippen LogP contribution is 2.22. The highest BCUT2D eigenvalue weighted by Gasteiger charge is 2.10.